The molecule has 0 aromatic heterocycles. The van der Waals surface area contributed by atoms with Gasteiger partial charge in [0.25, 0.3) is 0 Å². The van der Waals surface area contributed by atoms with Gasteiger partial charge in [0.2, 0.25) is 5.91 Å². The van der Waals surface area contributed by atoms with E-state index >= 15 is 0 Å². The molecule has 1 amide bonds. The molecule has 7 heteroatoms. The van der Waals surface area contributed by atoms with Crippen LogP contribution in [0.3, 0.4) is 0 Å². The Labute approximate surface area is 139 Å². The zero-order valence-corrected chi connectivity index (χ0v) is 13.4. The summed E-state index contributed by atoms with van der Waals surface area (Å²) in [4.78, 5) is 12.0. The number of hydrogen-bond acceptors (Lipinski definition) is 2. The fraction of sp³-hybridized carbons (Fsp3) is 0.562. The van der Waals surface area contributed by atoms with Gasteiger partial charge >= 0.3 is 6.18 Å². The standard InChI is InChI=1S/C16H19F3N2O.ClH/c17-16(18,19)13-3-1-2-12(8-13)15(5-6-15)10-21-14(22)11-4-7-20-9-11;/h1-3,8,11,20H,4-7,9-10H2,(H,21,22);1H. The summed E-state index contributed by atoms with van der Waals surface area (Å²) in [6.45, 7) is 1.95. The summed E-state index contributed by atoms with van der Waals surface area (Å²) in [6.07, 6.45) is -1.87. The summed E-state index contributed by atoms with van der Waals surface area (Å²) >= 11 is 0. The maximum Gasteiger partial charge on any atom is 0.416 e. The third-order valence-corrected chi connectivity index (χ3v) is 4.69. The molecule has 2 fully saturated rings. The summed E-state index contributed by atoms with van der Waals surface area (Å²) < 4.78 is 38.5. The van der Waals surface area contributed by atoms with E-state index in [2.05, 4.69) is 10.6 Å². The first-order chi connectivity index (χ1) is 10.4. The molecule has 1 saturated heterocycles. The maximum absolute atomic E-state index is 12.8. The van der Waals surface area contributed by atoms with E-state index in [4.69, 9.17) is 0 Å². The molecule has 128 valence electrons. The van der Waals surface area contributed by atoms with Gasteiger partial charge in [-0.15, -0.1) is 12.4 Å². The lowest BCUT2D eigenvalue weighted by atomic mass is 9.93. The molecule has 2 aliphatic rings. The largest absolute Gasteiger partial charge is 0.416 e. The molecule has 1 aromatic rings. The van der Waals surface area contributed by atoms with Crippen LogP contribution in [0.1, 0.15) is 30.4 Å². The van der Waals surface area contributed by atoms with Gasteiger partial charge in [0.1, 0.15) is 0 Å². The van der Waals surface area contributed by atoms with Crippen LogP contribution in [-0.4, -0.2) is 25.5 Å². The summed E-state index contributed by atoms with van der Waals surface area (Å²) in [7, 11) is 0. The minimum atomic E-state index is -4.33. The molecule has 1 aromatic carbocycles. The molecular weight excluding hydrogens is 329 g/mol. The first kappa shape index (κ1) is 18.1. The van der Waals surface area contributed by atoms with E-state index in [-0.39, 0.29) is 29.6 Å². The molecule has 1 atom stereocenters. The molecule has 1 aliphatic heterocycles. The van der Waals surface area contributed by atoms with Crippen LogP contribution in [0, 0.1) is 5.92 Å². The Morgan fingerprint density at radius 2 is 2.09 bits per heavy atom. The predicted octanol–water partition coefficient (Wildman–Crippen LogP) is 2.88. The van der Waals surface area contributed by atoms with Gasteiger partial charge < -0.3 is 10.6 Å². The third-order valence-electron chi connectivity index (χ3n) is 4.69. The zero-order chi connectivity index (χ0) is 15.8. The minimum Gasteiger partial charge on any atom is -0.355 e. The number of carbonyl (C=O) groups is 1. The van der Waals surface area contributed by atoms with Crippen LogP contribution >= 0.6 is 12.4 Å². The zero-order valence-electron chi connectivity index (χ0n) is 12.6. The van der Waals surface area contributed by atoms with Crippen molar-refractivity contribution < 1.29 is 18.0 Å². The van der Waals surface area contributed by atoms with Crippen LogP contribution in [0.25, 0.3) is 0 Å². The lowest BCUT2D eigenvalue weighted by Gasteiger charge is -2.19. The van der Waals surface area contributed by atoms with Crippen molar-refractivity contribution in [2.45, 2.75) is 30.9 Å². The summed E-state index contributed by atoms with van der Waals surface area (Å²) in [5, 5.41) is 6.06. The number of amides is 1. The first-order valence-corrected chi connectivity index (χ1v) is 7.57. The Balaban J connectivity index is 0.00000192. The number of hydrogen-bond donors (Lipinski definition) is 2. The second kappa shape index (κ2) is 6.69. The van der Waals surface area contributed by atoms with Gasteiger partial charge in [0, 0.05) is 18.5 Å². The monoisotopic (exact) mass is 348 g/mol. The Morgan fingerprint density at radius 1 is 1.35 bits per heavy atom. The van der Waals surface area contributed by atoms with E-state index in [0.717, 1.165) is 31.9 Å². The highest BCUT2D eigenvalue weighted by molar-refractivity contribution is 5.85. The van der Waals surface area contributed by atoms with Gasteiger partial charge in [-0.1, -0.05) is 18.2 Å². The Kier molecular flexibility index (Phi) is 5.26. The highest BCUT2D eigenvalue weighted by Gasteiger charge is 2.45. The molecule has 1 saturated carbocycles. The van der Waals surface area contributed by atoms with E-state index in [1.807, 2.05) is 0 Å². The van der Waals surface area contributed by atoms with Crippen LogP contribution < -0.4 is 10.6 Å². The lowest BCUT2D eigenvalue weighted by Crippen LogP contribution is -2.37. The fourth-order valence-corrected chi connectivity index (χ4v) is 3.02. The van der Waals surface area contributed by atoms with Gasteiger partial charge in [-0.25, -0.2) is 0 Å². The average molecular weight is 349 g/mol. The highest BCUT2D eigenvalue weighted by Crippen LogP contribution is 2.48. The van der Waals surface area contributed by atoms with Gasteiger partial charge in [-0.2, -0.15) is 13.2 Å². The van der Waals surface area contributed by atoms with Crippen molar-refractivity contribution in [3.8, 4) is 0 Å². The number of benzene rings is 1. The number of carbonyl (C=O) groups excluding carboxylic acids is 1. The predicted molar refractivity (Wildman–Crippen MR) is 83.6 cm³/mol. The van der Waals surface area contributed by atoms with Crippen LogP contribution in [-0.2, 0) is 16.4 Å². The first-order valence-electron chi connectivity index (χ1n) is 7.57. The molecule has 0 radical (unpaired) electrons. The van der Waals surface area contributed by atoms with Gasteiger partial charge in [0.15, 0.2) is 0 Å². The molecule has 3 rings (SSSR count). The maximum atomic E-state index is 12.8. The summed E-state index contributed by atoms with van der Waals surface area (Å²) in [5.74, 6) is -0.0134. The second-order valence-corrected chi connectivity index (χ2v) is 6.27. The van der Waals surface area contributed by atoms with Crippen LogP contribution in [0.2, 0.25) is 0 Å². The van der Waals surface area contributed by atoms with Crippen molar-refractivity contribution >= 4 is 18.3 Å². The van der Waals surface area contributed by atoms with E-state index in [0.29, 0.717) is 18.7 Å². The molecule has 3 nitrogen and oxygen atoms in total. The normalized spacial score (nSPS) is 22.3. The van der Waals surface area contributed by atoms with Crippen molar-refractivity contribution in [1.82, 2.24) is 10.6 Å². The number of halogens is 4. The highest BCUT2D eigenvalue weighted by atomic mass is 35.5. The van der Waals surface area contributed by atoms with Crippen LogP contribution in [0.15, 0.2) is 24.3 Å². The van der Waals surface area contributed by atoms with Gasteiger partial charge in [0.05, 0.1) is 11.5 Å². The number of nitrogens with one attached hydrogen (secondary N) is 2. The molecule has 2 N–H and O–H groups in total. The SMILES string of the molecule is Cl.O=C(NCC1(c2cccc(C(F)(F)F)c2)CC1)C1CCNC1. The second-order valence-electron chi connectivity index (χ2n) is 6.27. The average Bonchev–Trinajstić information content (AvgIpc) is 3.08. The summed E-state index contributed by atoms with van der Waals surface area (Å²) in [5.41, 5.74) is -0.266. The lowest BCUT2D eigenvalue weighted by molar-refractivity contribution is -0.137. The van der Waals surface area contributed by atoms with Crippen LogP contribution in [0.5, 0.6) is 0 Å². The Bertz CT molecular complexity index is 567. The molecular formula is C16H20ClF3N2O. The van der Waals surface area contributed by atoms with Crippen LogP contribution in [0.4, 0.5) is 13.2 Å². The Hall–Kier alpha value is -1.27. The minimum absolute atomic E-state index is 0. The molecule has 1 aliphatic carbocycles. The van der Waals surface area contributed by atoms with Crippen molar-refractivity contribution in [2.24, 2.45) is 5.92 Å². The quantitative estimate of drug-likeness (QED) is 0.878. The van der Waals surface area contributed by atoms with Crippen molar-refractivity contribution in [2.75, 3.05) is 19.6 Å². The third kappa shape index (κ3) is 3.98. The molecule has 0 bridgehead atoms. The molecule has 0 spiro atoms. The Morgan fingerprint density at radius 3 is 2.65 bits per heavy atom. The van der Waals surface area contributed by atoms with Crippen molar-refractivity contribution in [1.29, 1.82) is 0 Å². The fourth-order valence-electron chi connectivity index (χ4n) is 3.02. The van der Waals surface area contributed by atoms with Crippen molar-refractivity contribution in [3.63, 3.8) is 0 Å². The number of rotatable bonds is 4. The van der Waals surface area contributed by atoms with Crippen molar-refractivity contribution in [3.05, 3.63) is 35.4 Å². The number of alkyl halides is 3. The summed E-state index contributed by atoms with van der Waals surface area (Å²) in [6, 6.07) is 5.48. The topological polar surface area (TPSA) is 41.1 Å². The molecule has 23 heavy (non-hydrogen) atoms. The van der Waals surface area contributed by atoms with E-state index in [1.54, 1.807) is 6.07 Å². The van der Waals surface area contributed by atoms with Gasteiger partial charge in [-0.3, -0.25) is 4.79 Å². The molecule has 1 unspecified atom stereocenters. The molecule has 1 heterocycles. The van der Waals surface area contributed by atoms with E-state index in [9.17, 15) is 18.0 Å². The smallest absolute Gasteiger partial charge is 0.355 e. The van der Waals surface area contributed by atoms with E-state index in [1.165, 1.54) is 12.1 Å². The van der Waals surface area contributed by atoms with E-state index < -0.39 is 11.7 Å². The van der Waals surface area contributed by atoms with Gasteiger partial charge in [-0.05, 0) is 37.4 Å².